The van der Waals surface area contributed by atoms with E-state index < -0.39 is 27.5 Å². The van der Waals surface area contributed by atoms with Crippen molar-refractivity contribution in [3.63, 3.8) is 0 Å². The van der Waals surface area contributed by atoms with Crippen molar-refractivity contribution in [2.45, 2.75) is 58.2 Å². The molecule has 1 fully saturated rings. The second-order valence-corrected chi connectivity index (χ2v) is 15.4. The Hall–Kier alpha value is -3.90. The lowest BCUT2D eigenvalue weighted by atomic mass is 10.00. The number of carbonyl (C=O) groups is 2. The molecule has 0 aliphatic heterocycles. The average molecular weight is 715 g/mol. The van der Waals surface area contributed by atoms with E-state index >= 15 is 0 Å². The number of furan rings is 1. The van der Waals surface area contributed by atoms with Crippen LogP contribution in [0.3, 0.4) is 0 Å². The summed E-state index contributed by atoms with van der Waals surface area (Å²) in [5.41, 5.74) is 3.27. The maximum atomic E-state index is 13.7. The third-order valence-electron chi connectivity index (χ3n) is 7.63. The molecule has 3 aromatic carbocycles. The summed E-state index contributed by atoms with van der Waals surface area (Å²) < 4.78 is 54.4. The van der Waals surface area contributed by atoms with E-state index in [0.717, 1.165) is 34.7 Å². The first-order valence-corrected chi connectivity index (χ1v) is 17.5. The lowest BCUT2D eigenvalue weighted by molar-refractivity contribution is 0.0284. The molecular weight excluding hydrogens is 677 g/mol. The molecule has 0 saturated heterocycles. The zero-order valence-electron chi connectivity index (χ0n) is 26.6. The highest BCUT2D eigenvalue weighted by Crippen LogP contribution is 2.48. The summed E-state index contributed by atoms with van der Waals surface area (Å²) in [6.45, 7) is 5.66. The summed E-state index contributed by atoms with van der Waals surface area (Å²) in [7, 11) is -0.634. The normalized spacial score (nSPS) is 13.5. The summed E-state index contributed by atoms with van der Waals surface area (Å²) in [6, 6.07) is 14.7. The number of anilines is 1. The minimum absolute atomic E-state index is 0.0221. The van der Waals surface area contributed by atoms with Gasteiger partial charge in [0, 0.05) is 42.1 Å². The molecule has 0 spiro atoms. The minimum Gasteiger partial charge on any atom is -0.455 e. The quantitative estimate of drug-likeness (QED) is 0.192. The topological polar surface area (TPSA) is 109 Å². The summed E-state index contributed by atoms with van der Waals surface area (Å²) in [6.07, 6.45) is 2.45. The smallest absolute Gasteiger partial charge is 0.410 e. The monoisotopic (exact) mass is 713 g/mol. The van der Waals surface area contributed by atoms with Gasteiger partial charge in [0.1, 0.15) is 22.8 Å². The number of ether oxygens (including phenoxy) is 1. The molecule has 46 heavy (non-hydrogen) atoms. The molecule has 2 amide bonds. The molecule has 1 heterocycles. The SMILES string of the molecule is CNC(=O)c1c(-c2ccc(F)cc2)oc2cc(N(Cc3ccc(Br)c(CN(C)C(=O)OC(C)(C)C)c3)S(C)(=O)=O)c(C3CC3)cc12. The zero-order chi connectivity index (χ0) is 33.6. The van der Waals surface area contributed by atoms with Gasteiger partial charge in [0.25, 0.3) is 5.91 Å². The number of rotatable bonds is 9. The van der Waals surface area contributed by atoms with Crippen LogP contribution in [0, 0.1) is 5.82 Å². The molecular formula is C34H37BrFN3O6S. The molecule has 4 aromatic rings. The van der Waals surface area contributed by atoms with Crippen LogP contribution in [0.5, 0.6) is 0 Å². The minimum atomic E-state index is -3.80. The average Bonchev–Trinajstić information content (AvgIpc) is 3.75. The maximum absolute atomic E-state index is 13.7. The van der Waals surface area contributed by atoms with Gasteiger partial charge in [-0.15, -0.1) is 0 Å². The van der Waals surface area contributed by atoms with E-state index in [0.29, 0.717) is 33.3 Å². The van der Waals surface area contributed by atoms with Crippen LogP contribution in [0.2, 0.25) is 0 Å². The molecule has 0 unspecified atom stereocenters. The molecule has 5 rings (SSSR count). The van der Waals surface area contributed by atoms with Gasteiger partial charge in [-0.05, 0) is 92.6 Å². The number of amides is 2. The van der Waals surface area contributed by atoms with Crippen LogP contribution < -0.4 is 9.62 Å². The highest BCUT2D eigenvalue weighted by atomic mass is 79.9. The van der Waals surface area contributed by atoms with Gasteiger partial charge in [0.05, 0.1) is 24.1 Å². The predicted octanol–water partition coefficient (Wildman–Crippen LogP) is 7.57. The second kappa shape index (κ2) is 12.7. The first-order chi connectivity index (χ1) is 21.6. The number of nitrogens with one attached hydrogen (secondary N) is 1. The van der Waals surface area contributed by atoms with E-state index in [1.165, 1.54) is 40.5 Å². The highest BCUT2D eigenvalue weighted by molar-refractivity contribution is 9.10. The molecule has 12 heteroatoms. The van der Waals surface area contributed by atoms with Gasteiger partial charge >= 0.3 is 6.09 Å². The van der Waals surface area contributed by atoms with E-state index in [4.69, 9.17) is 9.15 Å². The van der Waals surface area contributed by atoms with Gasteiger partial charge in [-0.3, -0.25) is 9.10 Å². The molecule has 1 N–H and O–H groups in total. The van der Waals surface area contributed by atoms with Gasteiger partial charge in [-0.1, -0.05) is 28.1 Å². The van der Waals surface area contributed by atoms with Crippen molar-refractivity contribution in [3.05, 3.63) is 87.1 Å². The molecule has 1 saturated carbocycles. The molecule has 0 bridgehead atoms. The third-order valence-corrected chi connectivity index (χ3v) is 9.53. The summed E-state index contributed by atoms with van der Waals surface area (Å²) in [5, 5.41) is 3.22. The molecule has 0 atom stereocenters. The number of nitrogens with zero attached hydrogens (tertiary/aromatic N) is 2. The Morgan fingerprint density at radius 3 is 2.33 bits per heavy atom. The molecule has 1 aliphatic carbocycles. The van der Waals surface area contributed by atoms with Crippen molar-refractivity contribution in [2.24, 2.45) is 0 Å². The van der Waals surface area contributed by atoms with Crippen LogP contribution >= 0.6 is 15.9 Å². The second-order valence-electron chi connectivity index (χ2n) is 12.6. The van der Waals surface area contributed by atoms with Crippen LogP contribution in [0.25, 0.3) is 22.3 Å². The zero-order valence-corrected chi connectivity index (χ0v) is 29.0. The fourth-order valence-electron chi connectivity index (χ4n) is 5.30. The maximum Gasteiger partial charge on any atom is 0.410 e. The largest absolute Gasteiger partial charge is 0.455 e. The van der Waals surface area contributed by atoms with Crippen LogP contribution in [0.4, 0.5) is 14.9 Å². The van der Waals surface area contributed by atoms with Crippen molar-refractivity contribution in [1.82, 2.24) is 10.2 Å². The van der Waals surface area contributed by atoms with E-state index in [2.05, 4.69) is 21.2 Å². The number of hydrogen-bond donors (Lipinski definition) is 1. The van der Waals surface area contributed by atoms with Crippen molar-refractivity contribution in [3.8, 4) is 11.3 Å². The van der Waals surface area contributed by atoms with Gasteiger partial charge < -0.3 is 19.4 Å². The molecule has 1 aromatic heterocycles. The molecule has 244 valence electrons. The first-order valence-electron chi connectivity index (χ1n) is 14.8. The number of carbonyl (C=O) groups excluding carboxylic acids is 2. The summed E-state index contributed by atoms with van der Waals surface area (Å²) in [4.78, 5) is 27.2. The van der Waals surface area contributed by atoms with Crippen molar-refractivity contribution < 1.29 is 31.6 Å². The van der Waals surface area contributed by atoms with Gasteiger partial charge in [0.15, 0.2) is 0 Å². The Balaban J connectivity index is 1.57. The Morgan fingerprint density at radius 1 is 1.07 bits per heavy atom. The van der Waals surface area contributed by atoms with E-state index in [1.807, 2.05) is 24.3 Å². The Labute approximate surface area is 276 Å². The highest BCUT2D eigenvalue weighted by Gasteiger charge is 2.33. The third kappa shape index (κ3) is 7.39. The van der Waals surface area contributed by atoms with E-state index in [-0.39, 0.29) is 30.7 Å². The van der Waals surface area contributed by atoms with Crippen LogP contribution in [-0.2, 0) is 27.8 Å². The fraction of sp³-hybridized carbons (Fsp3) is 0.353. The van der Waals surface area contributed by atoms with Crippen LogP contribution in [-0.4, -0.2) is 51.3 Å². The fourth-order valence-corrected chi connectivity index (χ4v) is 6.57. The van der Waals surface area contributed by atoms with Crippen molar-refractivity contribution in [1.29, 1.82) is 0 Å². The lowest BCUT2D eigenvalue weighted by Crippen LogP contribution is -2.34. The standard InChI is InChI=1S/C34H37BrFN3O6S/c1-34(2,3)45-33(41)38(5)19-23-15-20(7-14-27(23)35)18-39(46(6,42)43)28-17-29-26(16-25(28)21-8-9-21)30(32(40)37-4)31(44-29)22-10-12-24(36)13-11-22/h7,10-17,21H,8-9,18-19H2,1-6H3,(H,37,40). The van der Waals surface area contributed by atoms with Gasteiger partial charge in [-0.25, -0.2) is 17.6 Å². The van der Waals surface area contributed by atoms with Gasteiger partial charge in [-0.2, -0.15) is 0 Å². The summed E-state index contributed by atoms with van der Waals surface area (Å²) in [5.74, 6) is -0.401. The Morgan fingerprint density at radius 2 is 1.74 bits per heavy atom. The number of halogens is 2. The van der Waals surface area contributed by atoms with Crippen LogP contribution in [0.15, 0.2) is 63.5 Å². The van der Waals surface area contributed by atoms with Crippen molar-refractivity contribution >= 4 is 54.6 Å². The lowest BCUT2D eigenvalue weighted by Gasteiger charge is -2.26. The number of hydrogen-bond acceptors (Lipinski definition) is 6. The first kappa shape index (κ1) is 33.5. The van der Waals surface area contributed by atoms with E-state index in [1.54, 1.807) is 33.9 Å². The number of sulfonamides is 1. The molecule has 0 radical (unpaired) electrons. The van der Waals surface area contributed by atoms with Crippen LogP contribution in [0.1, 0.15) is 66.6 Å². The Kier molecular flexibility index (Phi) is 9.25. The van der Waals surface area contributed by atoms with Crippen molar-refractivity contribution in [2.75, 3.05) is 24.7 Å². The Bertz CT molecular complexity index is 1910. The predicted molar refractivity (Wildman–Crippen MR) is 180 cm³/mol. The molecule has 1 aliphatic rings. The van der Waals surface area contributed by atoms with Gasteiger partial charge in [0.2, 0.25) is 10.0 Å². The molecule has 9 nitrogen and oxygen atoms in total. The van der Waals surface area contributed by atoms with E-state index in [9.17, 15) is 22.4 Å². The summed E-state index contributed by atoms with van der Waals surface area (Å²) >= 11 is 3.56. The number of fused-ring (bicyclic) bond motifs is 1. The number of benzene rings is 3.